The van der Waals surface area contributed by atoms with E-state index in [1.54, 1.807) is 6.92 Å². The highest BCUT2D eigenvalue weighted by Gasteiger charge is 2.65. The van der Waals surface area contributed by atoms with Gasteiger partial charge in [0.1, 0.15) is 13.2 Å². The third kappa shape index (κ3) is 13.2. The summed E-state index contributed by atoms with van der Waals surface area (Å²) in [6.07, 6.45) is 17.0. The molecule has 0 aliphatic heterocycles. The lowest BCUT2D eigenvalue weighted by atomic mass is 9.43. The molecule has 8 aliphatic carbocycles. The van der Waals surface area contributed by atoms with E-state index in [-0.39, 0.29) is 139 Å². The van der Waals surface area contributed by atoms with Crippen LogP contribution >= 0.6 is 9.90 Å². The number of nitro groups is 2. The summed E-state index contributed by atoms with van der Waals surface area (Å²) in [5.41, 5.74) is 1.22. The third-order valence-electron chi connectivity index (χ3n) is 24.8. The number of aliphatic hydroxyl groups is 4. The van der Waals surface area contributed by atoms with Gasteiger partial charge in [0.05, 0.1) is 45.4 Å². The minimum absolute atomic E-state index is 0. The van der Waals surface area contributed by atoms with Crippen molar-refractivity contribution in [3.8, 4) is 0 Å². The number of nitrogens with one attached hydrogen (secondary N) is 1. The van der Waals surface area contributed by atoms with E-state index in [1.165, 1.54) is 43.3 Å². The summed E-state index contributed by atoms with van der Waals surface area (Å²) >= 11 is 0. The summed E-state index contributed by atoms with van der Waals surface area (Å²) < 4.78 is 10.9. The van der Waals surface area contributed by atoms with Crippen molar-refractivity contribution in [2.45, 2.75) is 221 Å². The number of ether oxygens (including phenoxy) is 2. The van der Waals surface area contributed by atoms with E-state index in [1.807, 2.05) is 0 Å². The zero-order chi connectivity index (χ0) is 60.8. The first-order valence-corrected chi connectivity index (χ1v) is 32.1. The molecule has 85 heavy (non-hydrogen) atoms. The lowest BCUT2D eigenvalue weighted by Crippen LogP contribution is -2.58. The number of esters is 2. The number of aliphatic hydroxyl groups excluding tert-OH is 4. The van der Waals surface area contributed by atoms with Crippen molar-refractivity contribution in [1.29, 1.82) is 0 Å². The molecule has 10 rings (SSSR count). The van der Waals surface area contributed by atoms with E-state index in [0.717, 1.165) is 103 Å². The van der Waals surface area contributed by atoms with Crippen molar-refractivity contribution in [3.05, 3.63) is 78.9 Å². The largest absolute Gasteiger partial charge is 0.461 e. The molecule has 5 N–H and O–H groups in total. The molecule has 0 spiro atoms. The number of nitro benzene ring substituents is 2. The minimum Gasteiger partial charge on any atom is -0.461 e. The van der Waals surface area contributed by atoms with Crippen LogP contribution in [0.3, 0.4) is 0 Å². The van der Waals surface area contributed by atoms with E-state index in [0.29, 0.717) is 90.4 Å². The van der Waals surface area contributed by atoms with Crippen molar-refractivity contribution in [3.63, 3.8) is 0 Å². The third-order valence-corrected chi connectivity index (χ3v) is 24.8. The predicted octanol–water partition coefficient (Wildman–Crippen LogP) is 12.1. The monoisotopic (exact) mass is 1200 g/mol. The van der Waals surface area contributed by atoms with E-state index in [9.17, 15) is 59.8 Å². The quantitative estimate of drug-likeness (QED) is 0.0324. The summed E-state index contributed by atoms with van der Waals surface area (Å²) in [5, 5.41) is 69.3. The van der Waals surface area contributed by atoms with Gasteiger partial charge in [0.15, 0.2) is 5.78 Å². The lowest BCUT2D eigenvalue weighted by Gasteiger charge is -2.62. The van der Waals surface area contributed by atoms with Crippen LogP contribution in [0.15, 0.2) is 36.4 Å². The maximum atomic E-state index is 12.8. The molecular weight excluding hydrogens is 1100 g/mol. The van der Waals surface area contributed by atoms with Crippen molar-refractivity contribution >= 4 is 44.9 Å². The number of benzene rings is 2. The second kappa shape index (κ2) is 26.7. The van der Waals surface area contributed by atoms with Gasteiger partial charge in [0.2, 0.25) is 0 Å². The summed E-state index contributed by atoms with van der Waals surface area (Å²) in [4.78, 5) is 71.1. The molecule has 2 aromatic carbocycles. The number of hydrogen-bond acceptors (Lipinski definition) is 14. The number of carbonyl (C=O) groups is 4. The van der Waals surface area contributed by atoms with Gasteiger partial charge in [0.25, 0.3) is 17.3 Å². The number of Topliss-reactive ketones (excluding diaryl/α,β-unsaturated/α-hetero) is 1. The van der Waals surface area contributed by atoms with Gasteiger partial charge in [-0.3, -0.25) is 39.4 Å². The topological polar surface area (TPSA) is 266 Å². The first kappa shape index (κ1) is 66.5. The summed E-state index contributed by atoms with van der Waals surface area (Å²) in [6, 6.07) is 8.46. The van der Waals surface area contributed by atoms with Gasteiger partial charge < -0.3 is 35.2 Å². The standard InChI is InChI=1S/C34H50N2O7.C33H47NO7.H3P/c1-5-35-32(40)21-7-8-22(28(16-21)36(41)42)19-43-30(39)11-6-20(2)25-9-10-26-31-27(13-15-34(25,26)4)33(3)14-12-24(37)17-23(33)18-29(31)38;1-19(5-10-30(38)41-18-22-7-6-21(20(2)35)15-28(22)34(39)40)25-8-9-26-31-27(12-14-33(25,26)4)32(3)13-11-24(36)16-23(32)17-29(31)37;/h7-8,16,20,23-27,29,31,37-38H,5-6,9-15,17-19H2,1-4H3,(H,35,40);6-7,15,19,23-27,29,31,36-37H,5,8-14,16-18H2,1-4H3;1H3/t20-,23-,24+,25?,26?,27?,29+,31?,33-,34+;19-,23-,24+,25?,26?,27?,29+,31?,32-,33+;/m00./s1. The van der Waals surface area contributed by atoms with Gasteiger partial charge in [0, 0.05) is 42.6 Å². The number of hydrogen-bond donors (Lipinski definition) is 5. The van der Waals surface area contributed by atoms with E-state index in [4.69, 9.17) is 9.47 Å². The molecule has 0 aromatic heterocycles. The van der Waals surface area contributed by atoms with Crippen LogP contribution < -0.4 is 5.32 Å². The molecule has 0 bridgehead atoms. The van der Waals surface area contributed by atoms with Crippen LogP contribution in [0.1, 0.15) is 216 Å². The second-order valence-electron chi connectivity index (χ2n) is 28.9. The fraction of sp³-hybridized carbons (Fsp3) is 0.761. The summed E-state index contributed by atoms with van der Waals surface area (Å²) in [6.45, 7) is 17.3. The van der Waals surface area contributed by atoms with Crippen LogP contribution in [-0.4, -0.2) is 84.9 Å². The zero-order valence-electron chi connectivity index (χ0n) is 51.9. The highest BCUT2D eigenvalue weighted by atomic mass is 31.0. The second-order valence-corrected chi connectivity index (χ2v) is 28.9. The molecule has 18 heteroatoms. The predicted molar refractivity (Wildman–Crippen MR) is 327 cm³/mol. The Morgan fingerprint density at radius 3 is 1.38 bits per heavy atom. The van der Waals surface area contributed by atoms with Crippen molar-refractivity contribution < 1.29 is 58.9 Å². The van der Waals surface area contributed by atoms with Crippen LogP contribution in [0.5, 0.6) is 0 Å². The number of nitrogens with zero attached hydrogens (tertiary/aromatic N) is 2. The van der Waals surface area contributed by atoms with Gasteiger partial charge in [-0.25, -0.2) is 0 Å². The molecule has 1 amide bonds. The van der Waals surface area contributed by atoms with Gasteiger partial charge in [-0.15, -0.1) is 0 Å². The Labute approximate surface area is 506 Å². The molecule has 472 valence electrons. The summed E-state index contributed by atoms with van der Waals surface area (Å²) in [7, 11) is 0. The maximum Gasteiger partial charge on any atom is 0.306 e. The zero-order valence-corrected chi connectivity index (χ0v) is 53.4. The smallest absolute Gasteiger partial charge is 0.306 e. The number of amides is 1. The van der Waals surface area contributed by atoms with E-state index < -0.39 is 9.85 Å². The Kier molecular flexibility index (Phi) is 20.9. The molecule has 0 radical (unpaired) electrons. The molecule has 17 nitrogen and oxygen atoms in total. The average molecular weight is 1200 g/mol. The van der Waals surface area contributed by atoms with E-state index in [2.05, 4.69) is 46.9 Å². The number of carbonyl (C=O) groups excluding carboxylic acids is 4. The van der Waals surface area contributed by atoms with E-state index >= 15 is 0 Å². The number of fused-ring (bicyclic) bond motifs is 10. The highest BCUT2D eigenvalue weighted by Crippen LogP contribution is 2.70. The van der Waals surface area contributed by atoms with Crippen LogP contribution in [0.2, 0.25) is 0 Å². The van der Waals surface area contributed by atoms with Gasteiger partial charge >= 0.3 is 11.9 Å². The molecule has 0 saturated heterocycles. The first-order chi connectivity index (χ1) is 39.7. The van der Waals surface area contributed by atoms with Crippen LogP contribution in [0.25, 0.3) is 0 Å². The van der Waals surface area contributed by atoms with Crippen LogP contribution in [0, 0.1) is 113 Å². The Morgan fingerprint density at radius 1 is 0.588 bits per heavy atom. The molecule has 0 heterocycles. The highest BCUT2D eigenvalue weighted by molar-refractivity contribution is 6.92. The van der Waals surface area contributed by atoms with Crippen molar-refractivity contribution in [2.24, 2.45) is 92.7 Å². The van der Waals surface area contributed by atoms with Crippen LogP contribution in [0.4, 0.5) is 11.4 Å². The number of ketones is 1. The van der Waals surface area contributed by atoms with Crippen LogP contribution in [-0.2, 0) is 32.3 Å². The Bertz CT molecular complexity index is 2780. The fourth-order valence-electron chi connectivity index (χ4n) is 20.2. The normalized spacial score (nSPS) is 37.6. The fourth-order valence-corrected chi connectivity index (χ4v) is 20.2. The van der Waals surface area contributed by atoms with Crippen molar-refractivity contribution in [2.75, 3.05) is 6.54 Å². The lowest BCUT2D eigenvalue weighted by molar-refractivity contribution is -0.386. The molecule has 9 unspecified atom stereocenters. The van der Waals surface area contributed by atoms with Gasteiger partial charge in [-0.1, -0.05) is 47.6 Å². The van der Waals surface area contributed by atoms with Gasteiger partial charge in [-0.2, -0.15) is 9.90 Å². The Morgan fingerprint density at radius 2 is 0.976 bits per heavy atom. The molecule has 8 saturated carbocycles. The number of rotatable bonds is 17. The molecule has 8 aliphatic rings. The summed E-state index contributed by atoms with van der Waals surface area (Å²) in [5.74, 6) is 3.63. The van der Waals surface area contributed by atoms with Gasteiger partial charge in [-0.05, 0) is 240 Å². The first-order valence-electron chi connectivity index (χ1n) is 32.1. The maximum absolute atomic E-state index is 12.8. The minimum atomic E-state index is -0.554. The SMILES string of the molecule is CC(=O)c1ccc(COC(=O)CC[C@H](C)C2CCC3C4C(CC[C@@]32C)[C@@]2(C)CC[C@@H](O)C[C@H]2C[C@H]4O)c([N+](=O)[O-])c1.CCNC(=O)c1ccc(COC(=O)CC[C@H](C)C2CCC3C4C(CC[C@@]32C)[C@@]2(C)CC[C@@H](O)C[C@H]2C[C@H]4O)c([N+](=O)[O-])c1.P. The molecular formula is C67H100N3O14P. The molecule has 8 fully saturated rings. The Hall–Kier alpha value is -4.41. The molecule has 21 atom stereocenters. The Balaban J connectivity index is 0.000000219. The van der Waals surface area contributed by atoms with Crippen molar-refractivity contribution in [1.82, 2.24) is 5.32 Å². The molecule has 2 aromatic rings. The average Bonchev–Trinajstić information content (AvgIpc) is 1.73.